The fraction of sp³-hybridized carbons (Fsp3) is 0.235. The van der Waals surface area contributed by atoms with Crippen LogP contribution in [0.4, 0.5) is 5.69 Å². The maximum atomic E-state index is 12.6. The van der Waals surface area contributed by atoms with Crippen LogP contribution in [0.15, 0.2) is 36.4 Å². The van der Waals surface area contributed by atoms with E-state index in [4.69, 9.17) is 10.5 Å². The molecular weight excluding hydrogens is 250 g/mol. The number of anilines is 1. The molecule has 3 heteroatoms. The molecule has 3 rings (SSSR count). The quantitative estimate of drug-likeness (QED) is 0.672. The van der Waals surface area contributed by atoms with Gasteiger partial charge in [0.1, 0.15) is 5.75 Å². The number of rotatable bonds is 2. The number of para-hydroxylation sites is 1. The zero-order valence-corrected chi connectivity index (χ0v) is 11.5. The monoisotopic (exact) mass is 267 g/mol. The number of carbonyl (C=O) groups excluding carboxylic acids is 1. The van der Waals surface area contributed by atoms with Crippen molar-refractivity contribution in [3.8, 4) is 5.75 Å². The average molecular weight is 267 g/mol. The zero-order chi connectivity index (χ0) is 14.1. The van der Waals surface area contributed by atoms with Crippen LogP contribution in [0, 0.1) is 6.92 Å². The fourth-order valence-corrected chi connectivity index (χ4v) is 2.51. The summed E-state index contributed by atoms with van der Waals surface area (Å²) in [5.74, 6) is 0.707. The van der Waals surface area contributed by atoms with Gasteiger partial charge in [0.15, 0.2) is 5.78 Å². The van der Waals surface area contributed by atoms with Crippen LogP contribution < -0.4 is 10.5 Å². The Morgan fingerprint density at radius 2 is 2.10 bits per heavy atom. The van der Waals surface area contributed by atoms with Crippen LogP contribution in [0.3, 0.4) is 0 Å². The Morgan fingerprint density at radius 3 is 2.90 bits per heavy atom. The van der Waals surface area contributed by atoms with E-state index in [0.29, 0.717) is 23.4 Å². The van der Waals surface area contributed by atoms with Crippen molar-refractivity contribution in [2.45, 2.75) is 19.8 Å². The molecule has 0 bridgehead atoms. The Balaban J connectivity index is 2.04. The topological polar surface area (TPSA) is 52.3 Å². The molecule has 0 saturated carbocycles. The molecule has 0 unspecified atom stereocenters. The number of ketones is 1. The molecular formula is C17H17NO2. The predicted molar refractivity (Wildman–Crippen MR) is 79.3 cm³/mol. The van der Waals surface area contributed by atoms with Crippen LogP contribution in [0.5, 0.6) is 5.75 Å². The van der Waals surface area contributed by atoms with Crippen molar-refractivity contribution in [3.05, 3.63) is 58.7 Å². The summed E-state index contributed by atoms with van der Waals surface area (Å²) in [5, 5.41) is 0. The molecule has 0 saturated heterocycles. The predicted octanol–water partition coefficient (Wildman–Crippen LogP) is 3.13. The number of nitrogens with two attached hydrogens (primary N) is 1. The van der Waals surface area contributed by atoms with Crippen LogP contribution in [0.1, 0.15) is 33.5 Å². The number of ether oxygens (including phenoxy) is 1. The first-order chi connectivity index (χ1) is 9.66. The van der Waals surface area contributed by atoms with Crippen LogP contribution in [0.2, 0.25) is 0 Å². The summed E-state index contributed by atoms with van der Waals surface area (Å²) in [4.78, 5) is 12.6. The van der Waals surface area contributed by atoms with Crippen molar-refractivity contribution in [3.63, 3.8) is 0 Å². The standard InChI is InChI=1S/C17H17NO2/c1-11-7-8-13(10-15(11)18)16(19)14-6-2-4-12-5-3-9-20-17(12)14/h2,4,6-8,10H,3,5,9,18H2,1H3. The molecule has 1 heterocycles. The molecule has 102 valence electrons. The lowest BCUT2D eigenvalue weighted by Crippen LogP contribution is -2.13. The smallest absolute Gasteiger partial charge is 0.196 e. The van der Waals surface area contributed by atoms with Crippen LogP contribution in [0.25, 0.3) is 0 Å². The van der Waals surface area contributed by atoms with E-state index in [2.05, 4.69) is 0 Å². The zero-order valence-electron chi connectivity index (χ0n) is 11.5. The summed E-state index contributed by atoms with van der Waals surface area (Å²) in [7, 11) is 0. The van der Waals surface area contributed by atoms with Gasteiger partial charge < -0.3 is 10.5 Å². The lowest BCUT2D eigenvalue weighted by atomic mass is 9.96. The number of carbonyl (C=O) groups is 1. The first-order valence-corrected chi connectivity index (χ1v) is 6.82. The second-order valence-electron chi connectivity index (χ2n) is 5.15. The lowest BCUT2D eigenvalue weighted by Gasteiger charge is -2.19. The molecule has 2 aromatic carbocycles. The van der Waals surface area contributed by atoms with Crippen molar-refractivity contribution in [2.75, 3.05) is 12.3 Å². The van der Waals surface area contributed by atoms with Gasteiger partial charge >= 0.3 is 0 Å². The molecule has 2 aromatic rings. The first kappa shape index (κ1) is 12.7. The summed E-state index contributed by atoms with van der Waals surface area (Å²) in [6.07, 6.45) is 1.97. The van der Waals surface area contributed by atoms with Crippen molar-refractivity contribution in [2.24, 2.45) is 0 Å². The third-order valence-electron chi connectivity index (χ3n) is 3.72. The molecule has 0 fully saturated rings. The Labute approximate surface area is 118 Å². The van der Waals surface area contributed by atoms with Crippen LogP contribution in [-0.4, -0.2) is 12.4 Å². The van der Waals surface area contributed by atoms with Gasteiger partial charge in [0.25, 0.3) is 0 Å². The third-order valence-corrected chi connectivity index (χ3v) is 3.72. The highest BCUT2D eigenvalue weighted by atomic mass is 16.5. The van der Waals surface area contributed by atoms with Gasteiger partial charge in [0.2, 0.25) is 0 Å². The SMILES string of the molecule is Cc1ccc(C(=O)c2cccc3c2OCCC3)cc1N. The normalized spacial score (nSPS) is 13.4. The maximum absolute atomic E-state index is 12.6. The molecule has 0 radical (unpaired) electrons. The molecule has 3 nitrogen and oxygen atoms in total. The number of aryl methyl sites for hydroxylation is 2. The summed E-state index contributed by atoms with van der Waals surface area (Å²) < 4.78 is 5.70. The van der Waals surface area contributed by atoms with Gasteiger partial charge in [-0.2, -0.15) is 0 Å². The fourth-order valence-electron chi connectivity index (χ4n) is 2.51. The van der Waals surface area contributed by atoms with E-state index in [0.717, 1.165) is 29.7 Å². The highest BCUT2D eigenvalue weighted by Gasteiger charge is 2.20. The largest absolute Gasteiger partial charge is 0.493 e. The van der Waals surface area contributed by atoms with E-state index in [1.807, 2.05) is 37.3 Å². The van der Waals surface area contributed by atoms with E-state index in [-0.39, 0.29) is 5.78 Å². The number of fused-ring (bicyclic) bond motifs is 1. The highest BCUT2D eigenvalue weighted by Crippen LogP contribution is 2.30. The van der Waals surface area contributed by atoms with Crippen molar-refractivity contribution in [1.29, 1.82) is 0 Å². The van der Waals surface area contributed by atoms with E-state index in [1.165, 1.54) is 0 Å². The first-order valence-electron chi connectivity index (χ1n) is 6.82. The van der Waals surface area contributed by atoms with E-state index in [9.17, 15) is 4.79 Å². The Kier molecular flexibility index (Phi) is 3.18. The van der Waals surface area contributed by atoms with Gasteiger partial charge in [-0.1, -0.05) is 24.3 Å². The highest BCUT2D eigenvalue weighted by molar-refractivity contribution is 6.11. The summed E-state index contributed by atoms with van der Waals surface area (Å²) >= 11 is 0. The average Bonchev–Trinajstić information content (AvgIpc) is 2.49. The molecule has 0 aliphatic carbocycles. The second-order valence-corrected chi connectivity index (χ2v) is 5.15. The van der Waals surface area contributed by atoms with Gasteiger partial charge in [-0.3, -0.25) is 4.79 Å². The van der Waals surface area contributed by atoms with Gasteiger partial charge in [-0.25, -0.2) is 0 Å². The second kappa shape index (κ2) is 5.00. The Bertz CT molecular complexity index is 677. The summed E-state index contributed by atoms with van der Waals surface area (Å²) in [6.45, 7) is 2.60. The van der Waals surface area contributed by atoms with E-state index >= 15 is 0 Å². The molecule has 1 aliphatic heterocycles. The molecule has 20 heavy (non-hydrogen) atoms. The molecule has 1 aliphatic rings. The number of hydrogen-bond acceptors (Lipinski definition) is 3. The maximum Gasteiger partial charge on any atom is 0.196 e. The number of benzene rings is 2. The van der Waals surface area contributed by atoms with Crippen molar-refractivity contribution in [1.82, 2.24) is 0 Å². The lowest BCUT2D eigenvalue weighted by molar-refractivity contribution is 0.103. The molecule has 0 amide bonds. The van der Waals surface area contributed by atoms with Gasteiger partial charge in [-0.15, -0.1) is 0 Å². The number of hydrogen-bond donors (Lipinski definition) is 1. The van der Waals surface area contributed by atoms with Crippen molar-refractivity contribution < 1.29 is 9.53 Å². The minimum absolute atomic E-state index is 0.0320. The number of nitrogen functional groups attached to an aromatic ring is 1. The summed E-state index contributed by atoms with van der Waals surface area (Å²) in [6, 6.07) is 11.2. The van der Waals surface area contributed by atoms with Crippen molar-refractivity contribution >= 4 is 11.5 Å². The molecule has 0 aromatic heterocycles. The van der Waals surface area contributed by atoms with Crippen LogP contribution >= 0.6 is 0 Å². The molecule has 0 spiro atoms. The Hall–Kier alpha value is -2.29. The minimum Gasteiger partial charge on any atom is -0.493 e. The third kappa shape index (κ3) is 2.16. The van der Waals surface area contributed by atoms with Gasteiger partial charge in [-0.05, 0) is 43.0 Å². The molecule has 0 atom stereocenters. The summed E-state index contributed by atoms with van der Waals surface area (Å²) in [5.41, 5.74) is 9.86. The minimum atomic E-state index is -0.0320. The van der Waals surface area contributed by atoms with Crippen LogP contribution in [-0.2, 0) is 6.42 Å². The van der Waals surface area contributed by atoms with E-state index < -0.39 is 0 Å². The molecule has 2 N–H and O–H groups in total. The Morgan fingerprint density at radius 1 is 1.25 bits per heavy atom. The van der Waals surface area contributed by atoms with Gasteiger partial charge in [0.05, 0.1) is 12.2 Å². The van der Waals surface area contributed by atoms with E-state index in [1.54, 1.807) is 6.07 Å². The van der Waals surface area contributed by atoms with Gasteiger partial charge in [0, 0.05) is 11.3 Å².